The number of carbonyl (C=O) groups is 1. The van der Waals surface area contributed by atoms with Gasteiger partial charge in [0.25, 0.3) is 0 Å². The molecular formula is C31H32N4O3. The minimum Gasteiger partial charge on any atom is -0.469 e. The molecular weight excluding hydrogens is 476 g/mol. The van der Waals surface area contributed by atoms with Gasteiger partial charge in [-0.1, -0.05) is 96.2 Å². The number of esters is 1. The Balaban J connectivity index is 1.56. The molecule has 1 aliphatic rings. The Morgan fingerprint density at radius 3 is 2.05 bits per heavy atom. The summed E-state index contributed by atoms with van der Waals surface area (Å²) in [4.78, 5) is 14.0. The van der Waals surface area contributed by atoms with E-state index in [-0.39, 0.29) is 12.4 Å². The van der Waals surface area contributed by atoms with Crippen molar-refractivity contribution in [2.45, 2.75) is 31.0 Å². The minimum absolute atomic E-state index is 0.222. The molecule has 7 heteroatoms. The van der Waals surface area contributed by atoms with E-state index in [1.807, 2.05) is 24.3 Å². The van der Waals surface area contributed by atoms with Crippen molar-refractivity contribution in [2.24, 2.45) is 0 Å². The molecule has 0 spiro atoms. The molecule has 5 rings (SSSR count). The van der Waals surface area contributed by atoms with Crippen molar-refractivity contribution >= 4 is 12.0 Å². The zero-order chi connectivity index (χ0) is 26.4. The Hall–Kier alpha value is -4.07. The molecule has 0 amide bonds. The van der Waals surface area contributed by atoms with Gasteiger partial charge in [0, 0.05) is 13.1 Å². The normalized spacial score (nSPS) is 17.4. The van der Waals surface area contributed by atoms with Crippen LogP contribution in [0.2, 0.25) is 0 Å². The molecule has 38 heavy (non-hydrogen) atoms. The summed E-state index contributed by atoms with van der Waals surface area (Å²) in [6.07, 6.45) is 3.95. The molecule has 1 saturated heterocycles. The summed E-state index contributed by atoms with van der Waals surface area (Å²) in [6.45, 7) is 1.65. The molecule has 1 N–H and O–H groups in total. The Kier molecular flexibility index (Phi) is 7.77. The number of piperidine rings is 1. The Bertz CT molecular complexity index is 1270. The highest BCUT2D eigenvalue weighted by molar-refractivity contribution is 5.69. The van der Waals surface area contributed by atoms with Gasteiger partial charge < -0.3 is 9.84 Å². The molecule has 0 radical (unpaired) electrons. The molecule has 1 unspecified atom stereocenters. The van der Waals surface area contributed by atoms with Gasteiger partial charge in [0.15, 0.2) is 0 Å². The number of carbonyl (C=O) groups excluding carboxylic acids is 1. The smallest absolute Gasteiger partial charge is 0.307 e. The van der Waals surface area contributed by atoms with E-state index in [1.165, 1.54) is 23.8 Å². The van der Waals surface area contributed by atoms with E-state index in [9.17, 15) is 9.90 Å². The molecule has 2 heterocycles. The summed E-state index contributed by atoms with van der Waals surface area (Å²) in [6, 6.07) is 31.7. The lowest BCUT2D eigenvalue weighted by molar-refractivity contribution is -0.140. The van der Waals surface area contributed by atoms with Crippen molar-refractivity contribution in [1.82, 2.24) is 19.9 Å². The molecule has 1 fully saturated rings. The molecule has 194 valence electrons. The fourth-order valence-corrected chi connectivity index (χ4v) is 5.37. The number of likely N-dealkylation sites (tertiary alicyclic amines) is 1. The number of rotatable bonds is 8. The van der Waals surface area contributed by atoms with Gasteiger partial charge in [0.2, 0.25) is 0 Å². The quantitative estimate of drug-likeness (QED) is 0.283. The second-order valence-corrected chi connectivity index (χ2v) is 9.49. The third kappa shape index (κ3) is 5.16. The van der Waals surface area contributed by atoms with Crippen LogP contribution in [0.15, 0.2) is 103 Å². The van der Waals surface area contributed by atoms with E-state index in [0.29, 0.717) is 31.7 Å². The molecule has 0 saturated carbocycles. The number of aliphatic hydroxyl groups is 1. The van der Waals surface area contributed by atoms with Crippen LogP contribution < -0.4 is 0 Å². The molecule has 0 aliphatic carbocycles. The predicted octanol–water partition coefficient (Wildman–Crippen LogP) is 4.28. The van der Waals surface area contributed by atoms with Gasteiger partial charge in [-0.25, -0.2) is 0 Å². The summed E-state index contributed by atoms with van der Waals surface area (Å²) < 4.78 is 6.34. The summed E-state index contributed by atoms with van der Waals surface area (Å²) in [7, 11) is 1.37. The van der Waals surface area contributed by atoms with E-state index in [0.717, 1.165) is 5.57 Å². The lowest BCUT2D eigenvalue weighted by Crippen LogP contribution is -2.52. The monoisotopic (exact) mass is 508 g/mol. The van der Waals surface area contributed by atoms with E-state index in [4.69, 9.17) is 4.74 Å². The van der Waals surface area contributed by atoms with Gasteiger partial charge in [-0.15, -0.1) is 5.10 Å². The van der Waals surface area contributed by atoms with E-state index in [1.54, 1.807) is 10.9 Å². The molecule has 1 aliphatic heterocycles. The maximum Gasteiger partial charge on any atom is 0.307 e. The van der Waals surface area contributed by atoms with Gasteiger partial charge >= 0.3 is 5.97 Å². The number of ether oxygens (including phenoxy) is 1. The summed E-state index contributed by atoms with van der Waals surface area (Å²) in [5.74, 6) is -0.294. The molecule has 1 atom stereocenters. The summed E-state index contributed by atoms with van der Waals surface area (Å²) >= 11 is 0. The number of methoxy groups -OCH3 is 1. The summed E-state index contributed by atoms with van der Waals surface area (Å²) in [5.41, 5.74) is 4.48. The SMILES string of the molecule is COC(=O)CCn1cc(/C=C2/CN(C(c3ccccc3)(c3ccccc3)c3ccccc3)CCC2O)nn1. The van der Waals surface area contributed by atoms with Gasteiger partial charge in [0.1, 0.15) is 5.69 Å². The average Bonchev–Trinajstić information content (AvgIpc) is 3.43. The Labute approximate surface area is 223 Å². The lowest BCUT2D eigenvalue weighted by atomic mass is 9.74. The van der Waals surface area contributed by atoms with Crippen LogP contribution in [-0.2, 0) is 21.6 Å². The van der Waals surface area contributed by atoms with Crippen molar-refractivity contribution in [3.63, 3.8) is 0 Å². The number of benzene rings is 3. The number of aromatic nitrogens is 3. The molecule has 4 aromatic rings. The highest BCUT2D eigenvalue weighted by Gasteiger charge is 2.44. The number of nitrogens with zero attached hydrogens (tertiary/aromatic N) is 4. The topological polar surface area (TPSA) is 80.5 Å². The maximum absolute atomic E-state index is 11.5. The number of aryl methyl sites for hydroxylation is 1. The lowest BCUT2D eigenvalue weighted by Gasteiger charge is -2.48. The van der Waals surface area contributed by atoms with Crippen LogP contribution in [0, 0.1) is 0 Å². The summed E-state index contributed by atoms with van der Waals surface area (Å²) in [5, 5.41) is 19.4. The minimum atomic E-state index is -0.577. The van der Waals surface area contributed by atoms with Crippen LogP contribution in [0.25, 0.3) is 6.08 Å². The number of hydrogen-bond acceptors (Lipinski definition) is 6. The van der Waals surface area contributed by atoms with E-state index in [2.05, 4.69) is 88.0 Å². The van der Waals surface area contributed by atoms with Crippen molar-refractivity contribution in [1.29, 1.82) is 0 Å². The zero-order valence-electron chi connectivity index (χ0n) is 21.5. The predicted molar refractivity (Wildman–Crippen MR) is 146 cm³/mol. The van der Waals surface area contributed by atoms with Gasteiger partial charge in [0.05, 0.1) is 37.9 Å². The number of aliphatic hydroxyl groups excluding tert-OH is 1. The molecule has 3 aromatic carbocycles. The third-order valence-electron chi connectivity index (χ3n) is 7.19. The first-order valence-corrected chi connectivity index (χ1v) is 12.9. The fourth-order valence-electron chi connectivity index (χ4n) is 5.37. The van der Waals surface area contributed by atoms with E-state index >= 15 is 0 Å². The second kappa shape index (κ2) is 11.5. The first kappa shape index (κ1) is 25.6. The first-order valence-electron chi connectivity index (χ1n) is 12.9. The van der Waals surface area contributed by atoms with E-state index < -0.39 is 11.6 Å². The van der Waals surface area contributed by atoms with Gasteiger partial charge in [-0.2, -0.15) is 0 Å². The Morgan fingerprint density at radius 1 is 0.974 bits per heavy atom. The second-order valence-electron chi connectivity index (χ2n) is 9.49. The fraction of sp³-hybridized carbons (Fsp3) is 0.258. The van der Waals surface area contributed by atoms with Crippen molar-refractivity contribution in [2.75, 3.05) is 20.2 Å². The Morgan fingerprint density at radius 2 is 1.53 bits per heavy atom. The highest BCUT2D eigenvalue weighted by atomic mass is 16.5. The average molecular weight is 509 g/mol. The van der Waals surface area contributed by atoms with Crippen LogP contribution in [0.3, 0.4) is 0 Å². The van der Waals surface area contributed by atoms with Crippen LogP contribution in [-0.4, -0.2) is 57.3 Å². The van der Waals surface area contributed by atoms with Crippen molar-refractivity contribution in [3.8, 4) is 0 Å². The molecule has 1 aromatic heterocycles. The third-order valence-corrected chi connectivity index (χ3v) is 7.19. The van der Waals surface area contributed by atoms with Crippen LogP contribution in [0.5, 0.6) is 0 Å². The van der Waals surface area contributed by atoms with Crippen molar-refractivity contribution in [3.05, 3.63) is 125 Å². The highest BCUT2D eigenvalue weighted by Crippen LogP contribution is 2.44. The first-order chi connectivity index (χ1) is 18.6. The number of hydrogen-bond donors (Lipinski definition) is 1. The maximum atomic E-state index is 11.5. The van der Waals surface area contributed by atoms with Crippen molar-refractivity contribution < 1.29 is 14.6 Å². The van der Waals surface area contributed by atoms with Crippen LogP contribution in [0.4, 0.5) is 0 Å². The van der Waals surface area contributed by atoms with Crippen LogP contribution >= 0.6 is 0 Å². The van der Waals surface area contributed by atoms with Crippen LogP contribution in [0.1, 0.15) is 35.2 Å². The molecule has 0 bridgehead atoms. The van der Waals surface area contributed by atoms with Gasteiger partial charge in [-0.3, -0.25) is 14.4 Å². The standard InChI is InChI=1S/C31H32N4O3/c1-38-30(37)18-20-35-23-28(32-33-35)21-24-22-34(19-17-29(24)36)31(25-11-5-2-6-12-25,26-13-7-3-8-14-26)27-15-9-4-10-16-27/h2-16,21,23,29,36H,17-20,22H2,1H3/b24-21-. The van der Waals surface area contributed by atoms with Gasteiger partial charge in [-0.05, 0) is 34.8 Å². The zero-order valence-corrected chi connectivity index (χ0v) is 21.5. The molecule has 7 nitrogen and oxygen atoms in total. The largest absolute Gasteiger partial charge is 0.469 e.